The predicted molar refractivity (Wildman–Crippen MR) is 124 cm³/mol. The van der Waals surface area contributed by atoms with Gasteiger partial charge in [0.2, 0.25) is 21.8 Å². The van der Waals surface area contributed by atoms with Crippen molar-refractivity contribution in [2.24, 2.45) is 5.92 Å². The Morgan fingerprint density at radius 2 is 1.83 bits per heavy atom. The van der Waals surface area contributed by atoms with Crippen molar-refractivity contribution in [3.63, 3.8) is 0 Å². The first-order valence-electron chi connectivity index (χ1n) is 11.7. The number of likely N-dealkylation sites (tertiary alicyclic amines) is 1. The maximum absolute atomic E-state index is 12.5. The van der Waals surface area contributed by atoms with Crippen LogP contribution in [0.4, 0.5) is 10.6 Å². The summed E-state index contributed by atoms with van der Waals surface area (Å²) in [4.78, 5) is 47.5. The van der Waals surface area contributed by atoms with Gasteiger partial charge in [-0.15, -0.1) is 0 Å². The number of hydrogen-bond donors (Lipinski definition) is 0. The molecule has 0 aromatic carbocycles. The van der Waals surface area contributed by atoms with Crippen molar-refractivity contribution in [2.75, 3.05) is 50.0 Å². The average Bonchev–Trinajstić information content (AvgIpc) is 3.54. The molecule has 1 aromatic heterocycles. The number of piperidine rings is 1. The number of sulfonamides is 1. The second kappa shape index (κ2) is 10.1. The number of rotatable bonds is 8. The Bertz CT molecular complexity index is 1070. The number of amides is 2. The zero-order chi connectivity index (χ0) is 25.2. The van der Waals surface area contributed by atoms with Gasteiger partial charge in [0, 0.05) is 26.2 Å². The number of ketones is 1. The molecule has 3 aliphatic rings. The van der Waals surface area contributed by atoms with Crippen molar-refractivity contribution in [3.05, 3.63) is 12.4 Å². The third-order valence-corrected chi connectivity index (χ3v) is 8.35. The third-order valence-electron chi connectivity index (χ3n) is 6.48. The van der Waals surface area contributed by atoms with E-state index < -0.39 is 27.5 Å². The highest BCUT2D eigenvalue weighted by atomic mass is 32.2. The average molecular weight is 510 g/mol. The van der Waals surface area contributed by atoms with Gasteiger partial charge in [0.15, 0.2) is 5.82 Å². The van der Waals surface area contributed by atoms with Crippen LogP contribution in [-0.2, 0) is 24.3 Å². The molecule has 1 aliphatic carbocycles. The van der Waals surface area contributed by atoms with Crippen LogP contribution in [0.1, 0.15) is 39.5 Å². The lowest BCUT2D eigenvalue weighted by molar-refractivity contribution is -0.120. The van der Waals surface area contributed by atoms with Crippen LogP contribution < -0.4 is 9.64 Å². The van der Waals surface area contributed by atoms with Crippen molar-refractivity contribution in [1.29, 1.82) is 0 Å². The third kappa shape index (κ3) is 6.45. The molecule has 1 saturated carbocycles. The summed E-state index contributed by atoms with van der Waals surface area (Å²) in [5, 5.41) is 0. The van der Waals surface area contributed by atoms with Gasteiger partial charge < -0.3 is 14.4 Å². The predicted octanol–water partition coefficient (Wildman–Crippen LogP) is 0.824. The molecular weight excluding hydrogens is 478 g/mol. The maximum atomic E-state index is 12.5. The van der Waals surface area contributed by atoms with E-state index in [4.69, 9.17) is 9.47 Å². The van der Waals surface area contributed by atoms with E-state index in [1.807, 2.05) is 6.92 Å². The summed E-state index contributed by atoms with van der Waals surface area (Å²) in [5.74, 6) is -0.614. The number of carbonyl (C=O) groups is 3. The van der Waals surface area contributed by atoms with Gasteiger partial charge in [0.25, 0.3) is 0 Å². The summed E-state index contributed by atoms with van der Waals surface area (Å²) in [7, 11) is -3.81. The Morgan fingerprint density at radius 3 is 2.40 bits per heavy atom. The van der Waals surface area contributed by atoms with E-state index in [2.05, 4.69) is 9.97 Å². The molecule has 0 radical (unpaired) electrons. The normalized spacial score (nSPS) is 21.0. The van der Waals surface area contributed by atoms with Crippen molar-refractivity contribution in [2.45, 2.75) is 45.1 Å². The van der Waals surface area contributed by atoms with Crippen molar-refractivity contribution < 1.29 is 32.3 Å². The Labute approximate surface area is 204 Å². The highest BCUT2D eigenvalue weighted by Gasteiger charge is 2.43. The highest BCUT2D eigenvalue weighted by Crippen LogP contribution is 2.39. The summed E-state index contributed by atoms with van der Waals surface area (Å²) in [5.41, 5.74) is -0.271. The van der Waals surface area contributed by atoms with Crippen LogP contribution in [-0.4, -0.2) is 96.1 Å². The van der Waals surface area contributed by atoms with Gasteiger partial charge in [0.05, 0.1) is 25.5 Å². The molecule has 2 aliphatic heterocycles. The first kappa shape index (κ1) is 25.3. The second-order valence-electron chi connectivity index (χ2n) is 9.61. The van der Waals surface area contributed by atoms with Crippen molar-refractivity contribution in [1.82, 2.24) is 19.2 Å². The summed E-state index contributed by atoms with van der Waals surface area (Å²) in [6, 6.07) is 0. The molecule has 0 spiro atoms. The topological polar surface area (TPSA) is 139 Å². The van der Waals surface area contributed by atoms with E-state index in [9.17, 15) is 22.8 Å². The van der Waals surface area contributed by atoms with E-state index >= 15 is 0 Å². The minimum atomic E-state index is -3.81. The van der Waals surface area contributed by atoms with E-state index in [1.165, 1.54) is 24.2 Å². The zero-order valence-corrected chi connectivity index (χ0v) is 20.8. The highest BCUT2D eigenvalue weighted by molar-refractivity contribution is 7.89. The number of anilines is 1. The second-order valence-corrected chi connectivity index (χ2v) is 11.6. The minimum Gasteiger partial charge on any atom is -0.476 e. The SMILES string of the molecule is CC(=O)CS(=O)(=O)N1CCN(c2cnc(OCC3CCN(C(=O)OC4(C)CC4)CC3)cn2)C(=O)C1. The lowest BCUT2D eigenvalue weighted by atomic mass is 9.98. The minimum absolute atomic E-state index is 0.0762. The molecule has 0 N–H and O–H groups in total. The summed E-state index contributed by atoms with van der Waals surface area (Å²) in [6.45, 7) is 4.70. The van der Waals surface area contributed by atoms with Gasteiger partial charge in [-0.05, 0) is 45.4 Å². The zero-order valence-electron chi connectivity index (χ0n) is 20.0. The first-order chi connectivity index (χ1) is 16.5. The smallest absolute Gasteiger partial charge is 0.410 e. The van der Waals surface area contributed by atoms with Gasteiger partial charge in [0.1, 0.15) is 17.1 Å². The van der Waals surface area contributed by atoms with Crippen LogP contribution in [0.2, 0.25) is 0 Å². The van der Waals surface area contributed by atoms with Crippen LogP contribution in [0.3, 0.4) is 0 Å². The van der Waals surface area contributed by atoms with Gasteiger partial charge in [-0.1, -0.05) is 0 Å². The Morgan fingerprint density at radius 1 is 1.11 bits per heavy atom. The van der Waals surface area contributed by atoms with Gasteiger partial charge in [-0.2, -0.15) is 4.31 Å². The van der Waals surface area contributed by atoms with Crippen LogP contribution >= 0.6 is 0 Å². The summed E-state index contributed by atoms with van der Waals surface area (Å²) < 4.78 is 36.7. The van der Waals surface area contributed by atoms with E-state index in [0.29, 0.717) is 31.4 Å². The number of Topliss-reactive ketones (excluding diaryl/α,β-unsaturated/α-hetero) is 1. The molecule has 2 saturated heterocycles. The molecule has 12 nitrogen and oxygen atoms in total. The lowest BCUT2D eigenvalue weighted by Gasteiger charge is -2.32. The van der Waals surface area contributed by atoms with Crippen LogP contribution in [0.5, 0.6) is 5.88 Å². The fraction of sp³-hybridized carbons (Fsp3) is 0.682. The quantitative estimate of drug-likeness (QED) is 0.498. The Kier molecular flexibility index (Phi) is 7.27. The van der Waals surface area contributed by atoms with Crippen LogP contribution in [0.25, 0.3) is 0 Å². The monoisotopic (exact) mass is 509 g/mol. The summed E-state index contributed by atoms with van der Waals surface area (Å²) >= 11 is 0. The maximum Gasteiger partial charge on any atom is 0.410 e. The number of aromatic nitrogens is 2. The Hall–Kier alpha value is -2.80. The molecule has 0 bridgehead atoms. The number of piperazine rings is 1. The van der Waals surface area contributed by atoms with Crippen LogP contribution in [0, 0.1) is 5.92 Å². The molecule has 3 heterocycles. The number of ether oxygens (including phenoxy) is 2. The van der Waals surface area contributed by atoms with Crippen molar-refractivity contribution >= 4 is 33.6 Å². The summed E-state index contributed by atoms with van der Waals surface area (Å²) in [6.07, 6.45) is 6.09. The van der Waals surface area contributed by atoms with Crippen molar-refractivity contribution in [3.8, 4) is 5.88 Å². The molecular formula is C22H31N5O7S. The molecule has 3 fully saturated rings. The first-order valence-corrected chi connectivity index (χ1v) is 13.4. The molecule has 4 rings (SSSR count). The van der Waals surface area contributed by atoms with E-state index in [0.717, 1.165) is 30.0 Å². The molecule has 0 unspecified atom stereocenters. The number of carbonyl (C=O) groups excluding carboxylic acids is 3. The number of nitrogens with zero attached hydrogens (tertiary/aromatic N) is 5. The van der Waals surface area contributed by atoms with E-state index in [1.54, 1.807) is 4.90 Å². The van der Waals surface area contributed by atoms with Crippen LogP contribution in [0.15, 0.2) is 12.4 Å². The Balaban J connectivity index is 1.22. The van der Waals surface area contributed by atoms with Gasteiger partial charge in [-0.25, -0.2) is 23.2 Å². The number of hydrogen-bond acceptors (Lipinski definition) is 9. The molecule has 192 valence electrons. The fourth-order valence-corrected chi connectivity index (χ4v) is 5.40. The molecule has 35 heavy (non-hydrogen) atoms. The van der Waals surface area contributed by atoms with Gasteiger partial charge >= 0.3 is 6.09 Å². The van der Waals surface area contributed by atoms with Gasteiger partial charge in [-0.3, -0.25) is 14.5 Å². The van der Waals surface area contributed by atoms with E-state index in [-0.39, 0.29) is 37.2 Å². The molecule has 0 atom stereocenters. The fourth-order valence-electron chi connectivity index (χ4n) is 4.04. The lowest BCUT2D eigenvalue weighted by Crippen LogP contribution is -2.53. The molecule has 1 aromatic rings. The molecule has 2 amide bonds. The molecule has 13 heteroatoms. The largest absolute Gasteiger partial charge is 0.476 e. The standard InChI is InChI=1S/C22H31N5O7S/c1-16(28)15-35(31,32)26-9-10-27(20(29)13-26)18-11-24-19(12-23-18)33-14-17-3-7-25(8-4-17)21(30)34-22(2)5-6-22/h11-12,17H,3-10,13-15H2,1-2H3.